The molecule has 1 N–H and O–H groups in total. The van der Waals surface area contributed by atoms with Crippen LogP contribution in [0.15, 0.2) is 35.1 Å². The van der Waals surface area contributed by atoms with Crippen molar-refractivity contribution in [2.75, 3.05) is 12.8 Å². The van der Waals surface area contributed by atoms with E-state index in [1.165, 1.54) is 11.3 Å². The van der Waals surface area contributed by atoms with E-state index in [1.54, 1.807) is 24.2 Å². The third-order valence-electron chi connectivity index (χ3n) is 4.22. The lowest BCUT2D eigenvalue weighted by Crippen LogP contribution is -2.26. The van der Waals surface area contributed by atoms with E-state index < -0.39 is 0 Å². The summed E-state index contributed by atoms with van der Waals surface area (Å²) in [4.78, 5) is 20.9. The number of carbonyl (C=O) groups is 1. The minimum atomic E-state index is -0.0125. The molecule has 3 aromatic heterocycles. The van der Waals surface area contributed by atoms with Crippen LogP contribution in [-0.4, -0.2) is 43.4 Å². The van der Waals surface area contributed by atoms with Gasteiger partial charge in [0.2, 0.25) is 5.91 Å². The summed E-state index contributed by atoms with van der Waals surface area (Å²) in [6, 6.07) is 3.85. The quantitative estimate of drug-likeness (QED) is 0.392. The fourth-order valence-corrected chi connectivity index (χ4v) is 4.25. The van der Waals surface area contributed by atoms with E-state index in [0.29, 0.717) is 12.5 Å². The predicted molar refractivity (Wildman–Crippen MR) is 117 cm³/mol. The highest BCUT2D eigenvalue weighted by Gasteiger charge is 2.13. The molecule has 3 heterocycles. The Morgan fingerprint density at radius 2 is 2.21 bits per heavy atom. The smallest absolute Gasteiger partial charge is 0.226 e. The Morgan fingerprint density at radius 1 is 1.34 bits per heavy atom. The number of pyridine rings is 1. The third kappa shape index (κ3) is 6.11. The van der Waals surface area contributed by atoms with Gasteiger partial charge in [-0.2, -0.15) is 0 Å². The molecule has 0 saturated carbocycles. The molecule has 0 aliphatic heterocycles. The van der Waals surface area contributed by atoms with Gasteiger partial charge < -0.3 is 9.88 Å². The van der Waals surface area contributed by atoms with E-state index in [2.05, 4.69) is 43.9 Å². The molecule has 3 rings (SSSR count). The molecule has 0 aliphatic carbocycles. The van der Waals surface area contributed by atoms with Crippen molar-refractivity contribution in [1.82, 2.24) is 30.0 Å². The molecular formula is C20H26N6OS2. The van der Waals surface area contributed by atoms with Crippen molar-refractivity contribution < 1.29 is 4.79 Å². The Hall–Kier alpha value is -2.26. The Bertz CT molecular complexity index is 922. The number of hydrogen-bond acceptors (Lipinski definition) is 7. The van der Waals surface area contributed by atoms with Gasteiger partial charge in [0.1, 0.15) is 10.8 Å². The number of aryl methyl sites for hydroxylation is 1. The van der Waals surface area contributed by atoms with Crippen molar-refractivity contribution >= 4 is 29.0 Å². The molecule has 9 heteroatoms. The van der Waals surface area contributed by atoms with Crippen LogP contribution >= 0.6 is 23.1 Å². The number of rotatable bonds is 10. The minimum absolute atomic E-state index is 0.0125. The van der Waals surface area contributed by atoms with Gasteiger partial charge >= 0.3 is 0 Å². The van der Waals surface area contributed by atoms with Crippen LogP contribution in [0.4, 0.5) is 0 Å². The van der Waals surface area contributed by atoms with Crippen LogP contribution < -0.4 is 5.32 Å². The number of hydrogen-bond donors (Lipinski definition) is 1. The van der Waals surface area contributed by atoms with Crippen LogP contribution in [0.2, 0.25) is 0 Å². The van der Waals surface area contributed by atoms with Crippen molar-refractivity contribution in [2.45, 2.75) is 44.8 Å². The average Bonchev–Trinajstić information content (AvgIpc) is 3.32. The maximum atomic E-state index is 12.2. The van der Waals surface area contributed by atoms with Gasteiger partial charge in [-0.3, -0.25) is 9.78 Å². The fraction of sp³-hybridized carbons (Fsp3) is 0.450. The first-order chi connectivity index (χ1) is 14.1. The Kier molecular flexibility index (Phi) is 7.76. The Morgan fingerprint density at radius 3 is 2.93 bits per heavy atom. The number of thioether (sulfide) groups is 1. The number of nitrogens with zero attached hydrogens (tertiary/aromatic N) is 5. The van der Waals surface area contributed by atoms with Gasteiger partial charge in [-0.1, -0.05) is 25.6 Å². The lowest BCUT2D eigenvalue weighted by atomic mass is 10.2. The zero-order chi connectivity index (χ0) is 20.6. The largest absolute Gasteiger partial charge is 0.356 e. The van der Waals surface area contributed by atoms with Crippen molar-refractivity contribution in [1.29, 1.82) is 0 Å². The fourth-order valence-electron chi connectivity index (χ4n) is 2.91. The van der Waals surface area contributed by atoms with Gasteiger partial charge in [-0.15, -0.1) is 21.5 Å². The summed E-state index contributed by atoms with van der Waals surface area (Å²) in [5.74, 6) is 1.50. The van der Waals surface area contributed by atoms with Gasteiger partial charge in [0, 0.05) is 42.8 Å². The molecule has 0 radical (unpaired) electrons. The van der Waals surface area contributed by atoms with Crippen molar-refractivity contribution in [3.8, 4) is 10.6 Å². The Labute approximate surface area is 179 Å². The third-order valence-corrected chi connectivity index (χ3v) is 5.83. The highest BCUT2D eigenvalue weighted by molar-refractivity contribution is 7.98. The lowest BCUT2D eigenvalue weighted by Gasteiger charge is -2.11. The van der Waals surface area contributed by atoms with Gasteiger partial charge in [-0.05, 0) is 30.7 Å². The topological polar surface area (TPSA) is 85.6 Å². The van der Waals surface area contributed by atoms with E-state index in [9.17, 15) is 4.79 Å². The summed E-state index contributed by atoms with van der Waals surface area (Å²) in [6.07, 6.45) is 7.44. The summed E-state index contributed by atoms with van der Waals surface area (Å²) in [6.45, 7) is 5.90. The lowest BCUT2D eigenvalue weighted by molar-refractivity contribution is -0.120. The second kappa shape index (κ2) is 10.5. The molecular weight excluding hydrogens is 404 g/mol. The molecule has 3 aromatic rings. The number of thiazole rings is 1. The summed E-state index contributed by atoms with van der Waals surface area (Å²) in [5, 5.41) is 15.3. The van der Waals surface area contributed by atoms with E-state index in [0.717, 1.165) is 46.6 Å². The molecule has 0 saturated heterocycles. The molecule has 0 unspecified atom stereocenters. The highest BCUT2D eigenvalue weighted by Crippen LogP contribution is 2.22. The van der Waals surface area contributed by atoms with Crippen molar-refractivity contribution in [2.24, 2.45) is 5.92 Å². The van der Waals surface area contributed by atoms with E-state index in [-0.39, 0.29) is 12.3 Å². The number of nitrogens with one attached hydrogen (secondary N) is 1. The van der Waals surface area contributed by atoms with Crippen LogP contribution in [0.1, 0.15) is 31.8 Å². The van der Waals surface area contributed by atoms with Crippen molar-refractivity contribution in [3.63, 3.8) is 0 Å². The number of carbonyl (C=O) groups excluding carboxylic acids is 1. The maximum absolute atomic E-state index is 12.2. The molecule has 7 nitrogen and oxygen atoms in total. The zero-order valence-electron chi connectivity index (χ0n) is 17.0. The van der Waals surface area contributed by atoms with Crippen LogP contribution in [0.5, 0.6) is 0 Å². The molecule has 0 atom stereocenters. The first kappa shape index (κ1) is 21.4. The van der Waals surface area contributed by atoms with E-state index in [4.69, 9.17) is 0 Å². The molecule has 0 bridgehead atoms. The molecule has 154 valence electrons. The van der Waals surface area contributed by atoms with Gasteiger partial charge in [0.05, 0.1) is 12.1 Å². The normalized spacial score (nSPS) is 11.2. The van der Waals surface area contributed by atoms with Gasteiger partial charge in [0.15, 0.2) is 5.16 Å². The second-order valence-electron chi connectivity index (χ2n) is 7.12. The summed E-state index contributed by atoms with van der Waals surface area (Å²) < 4.78 is 2.19. The van der Waals surface area contributed by atoms with Crippen LogP contribution in [-0.2, 0) is 24.2 Å². The predicted octanol–water partition coefficient (Wildman–Crippen LogP) is 3.47. The first-order valence-corrected chi connectivity index (χ1v) is 11.7. The average molecular weight is 431 g/mol. The monoisotopic (exact) mass is 430 g/mol. The van der Waals surface area contributed by atoms with Crippen LogP contribution in [0.3, 0.4) is 0 Å². The van der Waals surface area contributed by atoms with E-state index in [1.807, 2.05) is 23.8 Å². The molecule has 0 aromatic carbocycles. The van der Waals surface area contributed by atoms with E-state index >= 15 is 0 Å². The Balaban J connectivity index is 1.45. The second-order valence-corrected chi connectivity index (χ2v) is 8.75. The van der Waals surface area contributed by atoms with Crippen LogP contribution in [0, 0.1) is 5.92 Å². The SMILES string of the molecule is CSc1nnc(CCCNC(=O)Cc2csc(-c3cccnc3)n2)n1CC(C)C. The highest BCUT2D eigenvalue weighted by atomic mass is 32.2. The minimum Gasteiger partial charge on any atom is -0.356 e. The van der Waals surface area contributed by atoms with Gasteiger partial charge in [-0.25, -0.2) is 4.98 Å². The molecule has 0 fully saturated rings. The number of amides is 1. The van der Waals surface area contributed by atoms with Crippen LogP contribution in [0.25, 0.3) is 10.6 Å². The molecule has 0 spiro atoms. The summed E-state index contributed by atoms with van der Waals surface area (Å²) >= 11 is 3.14. The zero-order valence-corrected chi connectivity index (χ0v) is 18.6. The molecule has 0 aliphatic rings. The standard InChI is InChI=1S/C20H26N6OS2/c1-14(2)12-26-17(24-25-20(26)28-3)7-5-9-22-18(27)10-16-13-29-19(23-16)15-6-4-8-21-11-15/h4,6,8,11,13-14H,5,7,9-10,12H2,1-3H3,(H,22,27). The summed E-state index contributed by atoms with van der Waals surface area (Å²) in [5.41, 5.74) is 1.76. The number of aromatic nitrogens is 5. The van der Waals surface area contributed by atoms with Gasteiger partial charge in [0.25, 0.3) is 0 Å². The van der Waals surface area contributed by atoms with Crippen molar-refractivity contribution in [3.05, 3.63) is 41.4 Å². The maximum Gasteiger partial charge on any atom is 0.226 e. The first-order valence-electron chi connectivity index (χ1n) is 9.64. The molecule has 29 heavy (non-hydrogen) atoms. The summed E-state index contributed by atoms with van der Waals surface area (Å²) in [7, 11) is 0. The molecule has 1 amide bonds.